The lowest BCUT2D eigenvalue weighted by atomic mass is 9.96. The van der Waals surface area contributed by atoms with Gasteiger partial charge in [0, 0.05) is 24.7 Å². The van der Waals surface area contributed by atoms with Gasteiger partial charge in [0.05, 0.1) is 5.54 Å². The number of hydrogen-bond acceptors (Lipinski definition) is 2. The van der Waals surface area contributed by atoms with Crippen LogP contribution in [0.1, 0.15) is 36.7 Å². The van der Waals surface area contributed by atoms with Crippen LogP contribution in [0.5, 0.6) is 0 Å². The zero-order valence-electron chi connectivity index (χ0n) is 11.7. The summed E-state index contributed by atoms with van der Waals surface area (Å²) < 4.78 is 0. The van der Waals surface area contributed by atoms with Crippen LogP contribution in [0.3, 0.4) is 0 Å². The Balaban J connectivity index is 2.23. The predicted octanol–water partition coefficient (Wildman–Crippen LogP) is 2.21. The Morgan fingerprint density at radius 3 is 2.56 bits per heavy atom. The van der Waals surface area contributed by atoms with Crippen molar-refractivity contribution in [3.8, 4) is 0 Å². The van der Waals surface area contributed by atoms with Crippen LogP contribution in [-0.4, -0.2) is 35.5 Å². The van der Waals surface area contributed by atoms with E-state index in [0.717, 1.165) is 18.7 Å². The topological polar surface area (TPSA) is 32.3 Å². The molecular formula is C15H22N2O. The van der Waals surface area contributed by atoms with Gasteiger partial charge in [0.1, 0.15) is 0 Å². The molecule has 3 heteroatoms. The molecule has 0 spiro atoms. The molecule has 1 aliphatic rings. The van der Waals surface area contributed by atoms with Crippen molar-refractivity contribution in [2.24, 2.45) is 0 Å². The lowest BCUT2D eigenvalue weighted by Crippen LogP contribution is -2.62. The SMILES string of the molecule is Cc1ccc(C(=O)N2CC(C)NCC2(C)C)cc1. The molecule has 1 saturated heterocycles. The van der Waals surface area contributed by atoms with E-state index in [1.807, 2.05) is 36.1 Å². The van der Waals surface area contributed by atoms with Gasteiger partial charge in [0.15, 0.2) is 0 Å². The predicted molar refractivity (Wildman–Crippen MR) is 73.8 cm³/mol. The fourth-order valence-electron chi connectivity index (χ4n) is 2.31. The van der Waals surface area contributed by atoms with Gasteiger partial charge in [-0.05, 0) is 39.8 Å². The summed E-state index contributed by atoms with van der Waals surface area (Å²) in [6, 6.07) is 8.17. The van der Waals surface area contributed by atoms with Gasteiger partial charge in [0.25, 0.3) is 5.91 Å². The smallest absolute Gasteiger partial charge is 0.254 e. The second-order valence-electron chi connectivity index (χ2n) is 5.88. The molecule has 1 aliphatic heterocycles. The van der Waals surface area contributed by atoms with Crippen molar-refractivity contribution in [2.75, 3.05) is 13.1 Å². The van der Waals surface area contributed by atoms with Crippen molar-refractivity contribution < 1.29 is 4.79 Å². The Bertz CT molecular complexity index is 436. The van der Waals surface area contributed by atoms with Crippen LogP contribution in [0.4, 0.5) is 0 Å². The molecule has 1 fully saturated rings. The maximum Gasteiger partial charge on any atom is 0.254 e. The van der Waals surface area contributed by atoms with Gasteiger partial charge in [0.2, 0.25) is 0 Å². The number of piperazine rings is 1. The van der Waals surface area contributed by atoms with Crippen molar-refractivity contribution in [3.05, 3.63) is 35.4 Å². The van der Waals surface area contributed by atoms with Crippen LogP contribution in [0.15, 0.2) is 24.3 Å². The first-order valence-electron chi connectivity index (χ1n) is 6.52. The molecule has 1 amide bonds. The zero-order chi connectivity index (χ0) is 13.3. The minimum absolute atomic E-state index is 0.130. The van der Waals surface area contributed by atoms with Crippen molar-refractivity contribution in [2.45, 2.75) is 39.3 Å². The zero-order valence-corrected chi connectivity index (χ0v) is 11.7. The van der Waals surface area contributed by atoms with Gasteiger partial charge in [-0.3, -0.25) is 4.79 Å². The summed E-state index contributed by atoms with van der Waals surface area (Å²) >= 11 is 0. The number of carbonyl (C=O) groups excluding carboxylic acids is 1. The van der Waals surface area contributed by atoms with Crippen molar-refractivity contribution >= 4 is 5.91 Å². The van der Waals surface area contributed by atoms with E-state index in [0.29, 0.717) is 6.04 Å². The first kappa shape index (κ1) is 13.1. The highest BCUT2D eigenvalue weighted by Gasteiger charge is 2.35. The van der Waals surface area contributed by atoms with E-state index in [2.05, 4.69) is 26.1 Å². The Hall–Kier alpha value is -1.35. The normalized spacial score (nSPS) is 22.9. The fourth-order valence-corrected chi connectivity index (χ4v) is 2.31. The number of benzene rings is 1. The lowest BCUT2D eigenvalue weighted by Gasteiger charge is -2.45. The van der Waals surface area contributed by atoms with Crippen LogP contribution in [0.25, 0.3) is 0 Å². The van der Waals surface area contributed by atoms with E-state index in [1.54, 1.807) is 0 Å². The largest absolute Gasteiger partial charge is 0.331 e. The summed E-state index contributed by atoms with van der Waals surface area (Å²) in [5.41, 5.74) is 1.83. The Morgan fingerprint density at radius 1 is 1.33 bits per heavy atom. The second-order valence-corrected chi connectivity index (χ2v) is 5.88. The van der Waals surface area contributed by atoms with Gasteiger partial charge in [-0.1, -0.05) is 17.7 Å². The minimum atomic E-state index is -0.130. The summed E-state index contributed by atoms with van der Waals surface area (Å²) in [7, 11) is 0. The molecule has 3 nitrogen and oxygen atoms in total. The monoisotopic (exact) mass is 246 g/mol. The van der Waals surface area contributed by atoms with E-state index in [4.69, 9.17) is 0 Å². The van der Waals surface area contributed by atoms with Crippen LogP contribution in [-0.2, 0) is 0 Å². The molecule has 0 radical (unpaired) electrons. The number of carbonyl (C=O) groups is 1. The molecule has 98 valence electrons. The minimum Gasteiger partial charge on any atom is -0.331 e. The second kappa shape index (κ2) is 4.73. The molecule has 1 heterocycles. The van der Waals surface area contributed by atoms with Crippen molar-refractivity contribution in [1.29, 1.82) is 0 Å². The highest BCUT2D eigenvalue weighted by molar-refractivity contribution is 5.94. The highest BCUT2D eigenvalue weighted by atomic mass is 16.2. The van der Waals surface area contributed by atoms with Crippen molar-refractivity contribution in [3.63, 3.8) is 0 Å². The van der Waals surface area contributed by atoms with Crippen molar-refractivity contribution in [1.82, 2.24) is 10.2 Å². The van der Waals surface area contributed by atoms with Crippen LogP contribution in [0, 0.1) is 6.92 Å². The molecule has 1 aromatic carbocycles. The summed E-state index contributed by atoms with van der Waals surface area (Å²) in [5.74, 6) is 0.133. The third kappa shape index (κ3) is 2.56. The molecule has 0 bridgehead atoms. The third-order valence-corrected chi connectivity index (χ3v) is 3.61. The fraction of sp³-hybridized carbons (Fsp3) is 0.533. The van der Waals surface area contributed by atoms with E-state index in [9.17, 15) is 4.79 Å². The third-order valence-electron chi connectivity index (χ3n) is 3.61. The molecule has 2 rings (SSSR count). The number of nitrogens with zero attached hydrogens (tertiary/aromatic N) is 1. The molecule has 1 aromatic rings. The van der Waals surface area contributed by atoms with Gasteiger partial charge < -0.3 is 10.2 Å². The van der Waals surface area contributed by atoms with Crippen LogP contribution < -0.4 is 5.32 Å². The van der Waals surface area contributed by atoms with E-state index < -0.39 is 0 Å². The summed E-state index contributed by atoms with van der Waals surface area (Å²) in [6.07, 6.45) is 0. The standard InChI is InChI=1S/C15H22N2O/c1-11-5-7-13(8-6-11)14(18)17-9-12(2)16-10-15(17,3)4/h5-8,12,16H,9-10H2,1-4H3. The van der Waals surface area contributed by atoms with Crippen LogP contribution in [0.2, 0.25) is 0 Å². The average molecular weight is 246 g/mol. The van der Waals surface area contributed by atoms with E-state index in [1.165, 1.54) is 5.56 Å². The Morgan fingerprint density at radius 2 is 1.94 bits per heavy atom. The first-order chi connectivity index (χ1) is 8.40. The number of hydrogen-bond donors (Lipinski definition) is 1. The first-order valence-corrected chi connectivity index (χ1v) is 6.52. The molecule has 1 unspecified atom stereocenters. The maximum absolute atomic E-state index is 12.6. The van der Waals surface area contributed by atoms with Gasteiger partial charge >= 0.3 is 0 Å². The Kier molecular flexibility index (Phi) is 3.44. The summed E-state index contributed by atoms with van der Waals surface area (Å²) in [4.78, 5) is 14.6. The van der Waals surface area contributed by atoms with Gasteiger partial charge in [-0.2, -0.15) is 0 Å². The van der Waals surface area contributed by atoms with Gasteiger partial charge in [-0.15, -0.1) is 0 Å². The van der Waals surface area contributed by atoms with Crippen LogP contribution >= 0.6 is 0 Å². The molecular weight excluding hydrogens is 224 g/mol. The molecule has 0 aromatic heterocycles. The van der Waals surface area contributed by atoms with E-state index in [-0.39, 0.29) is 11.4 Å². The summed E-state index contributed by atoms with van der Waals surface area (Å²) in [5, 5.41) is 3.42. The molecule has 1 atom stereocenters. The molecule has 1 N–H and O–H groups in total. The van der Waals surface area contributed by atoms with E-state index >= 15 is 0 Å². The Labute approximate surface area is 109 Å². The number of nitrogens with one attached hydrogen (secondary N) is 1. The molecule has 18 heavy (non-hydrogen) atoms. The lowest BCUT2D eigenvalue weighted by molar-refractivity contribution is 0.0411. The average Bonchev–Trinajstić information content (AvgIpc) is 2.32. The van der Waals surface area contributed by atoms with Gasteiger partial charge in [-0.25, -0.2) is 0 Å². The molecule has 0 aliphatic carbocycles. The quantitative estimate of drug-likeness (QED) is 0.824. The highest BCUT2D eigenvalue weighted by Crippen LogP contribution is 2.21. The number of amides is 1. The molecule has 0 saturated carbocycles. The summed E-state index contributed by atoms with van der Waals surface area (Å²) in [6.45, 7) is 9.97. The number of rotatable bonds is 1. The maximum atomic E-state index is 12.6. The number of aryl methyl sites for hydroxylation is 1.